The lowest BCUT2D eigenvalue weighted by atomic mass is 10.0. The summed E-state index contributed by atoms with van der Waals surface area (Å²) in [5.74, 6) is -0.0273. The second-order valence-electron chi connectivity index (χ2n) is 5.99. The van der Waals surface area contributed by atoms with E-state index in [2.05, 4.69) is 23.5 Å². The minimum atomic E-state index is -0.411. The molecular weight excluding hydrogens is 264 g/mol. The molecule has 1 aliphatic heterocycles. The molecule has 1 aliphatic rings. The normalized spacial score (nSPS) is 22.4. The zero-order valence-corrected chi connectivity index (χ0v) is 13.3. The molecule has 0 radical (unpaired) electrons. The predicted molar refractivity (Wildman–Crippen MR) is 82.8 cm³/mol. The first-order valence-corrected chi connectivity index (χ1v) is 7.60. The lowest BCUT2D eigenvalue weighted by Crippen LogP contribution is -2.61. The molecule has 1 heterocycles. The van der Waals surface area contributed by atoms with Crippen molar-refractivity contribution in [3.63, 3.8) is 0 Å². The highest BCUT2D eigenvalue weighted by Crippen LogP contribution is 2.18. The molecule has 2 amide bonds. The minimum Gasteiger partial charge on any atom is -0.343 e. The second-order valence-corrected chi connectivity index (χ2v) is 5.99. The van der Waals surface area contributed by atoms with Crippen molar-refractivity contribution in [3.8, 4) is 0 Å². The van der Waals surface area contributed by atoms with Crippen LogP contribution in [0.15, 0.2) is 18.2 Å². The van der Waals surface area contributed by atoms with E-state index >= 15 is 0 Å². The molecule has 21 heavy (non-hydrogen) atoms. The topological polar surface area (TPSA) is 49.4 Å². The molecule has 4 heteroatoms. The van der Waals surface area contributed by atoms with Crippen LogP contribution < -0.4 is 5.32 Å². The standard InChI is InChI=1S/C17H24N2O2/c1-5-6-15-17(21)19(13(4)16(20)18-15)10-14-8-11(2)7-12(3)9-14/h7-9,13,15H,5-6,10H2,1-4H3,(H,18,20). The van der Waals surface area contributed by atoms with Gasteiger partial charge < -0.3 is 10.2 Å². The van der Waals surface area contributed by atoms with Gasteiger partial charge in [-0.2, -0.15) is 0 Å². The number of rotatable bonds is 4. The molecule has 0 bridgehead atoms. The van der Waals surface area contributed by atoms with Gasteiger partial charge in [0.1, 0.15) is 12.1 Å². The predicted octanol–water partition coefficient (Wildman–Crippen LogP) is 2.32. The third-order valence-corrected chi connectivity index (χ3v) is 3.96. The van der Waals surface area contributed by atoms with E-state index < -0.39 is 6.04 Å². The van der Waals surface area contributed by atoms with E-state index in [1.807, 2.05) is 20.8 Å². The van der Waals surface area contributed by atoms with E-state index in [0.29, 0.717) is 13.0 Å². The Morgan fingerprint density at radius 1 is 1.14 bits per heavy atom. The van der Waals surface area contributed by atoms with Crippen molar-refractivity contribution >= 4 is 11.8 Å². The van der Waals surface area contributed by atoms with Crippen molar-refractivity contribution in [2.75, 3.05) is 0 Å². The molecule has 4 nitrogen and oxygen atoms in total. The number of piperazine rings is 1. The minimum absolute atomic E-state index is 0.0307. The summed E-state index contributed by atoms with van der Waals surface area (Å²) in [6.45, 7) is 8.40. The summed E-state index contributed by atoms with van der Waals surface area (Å²) in [5, 5.41) is 2.83. The third-order valence-electron chi connectivity index (χ3n) is 3.96. The molecule has 2 unspecified atom stereocenters. The number of nitrogens with zero attached hydrogens (tertiary/aromatic N) is 1. The SMILES string of the molecule is CCCC1NC(=O)C(C)N(Cc2cc(C)cc(C)c2)C1=O. The first-order valence-electron chi connectivity index (χ1n) is 7.60. The summed E-state index contributed by atoms with van der Waals surface area (Å²) >= 11 is 0. The van der Waals surface area contributed by atoms with Crippen LogP contribution in [-0.4, -0.2) is 28.8 Å². The van der Waals surface area contributed by atoms with E-state index in [4.69, 9.17) is 0 Å². The maximum absolute atomic E-state index is 12.6. The Morgan fingerprint density at radius 3 is 2.33 bits per heavy atom. The number of benzene rings is 1. The van der Waals surface area contributed by atoms with Gasteiger partial charge in [-0.1, -0.05) is 42.7 Å². The molecule has 1 N–H and O–H groups in total. The van der Waals surface area contributed by atoms with Gasteiger partial charge in [-0.25, -0.2) is 0 Å². The molecule has 1 aromatic carbocycles. The summed E-state index contributed by atoms with van der Waals surface area (Å²) in [6.07, 6.45) is 1.57. The molecule has 2 rings (SSSR count). The summed E-state index contributed by atoms with van der Waals surface area (Å²) < 4.78 is 0. The van der Waals surface area contributed by atoms with Crippen LogP contribution >= 0.6 is 0 Å². The fraction of sp³-hybridized carbons (Fsp3) is 0.529. The van der Waals surface area contributed by atoms with Gasteiger partial charge >= 0.3 is 0 Å². The van der Waals surface area contributed by atoms with Crippen LogP contribution in [0.3, 0.4) is 0 Å². The van der Waals surface area contributed by atoms with Crippen molar-refractivity contribution in [2.24, 2.45) is 0 Å². The van der Waals surface area contributed by atoms with E-state index in [0.717, 1.165) is 12.0 Å². The largest absolute Gasteiger partial charge is 0.343 e. The van der Waals surface area contributed by atoms with Crippen LogP contribution in [0.4, 0.5) is 0 Å². The van der Waals surface area contributed by atoms with Gasteiger partial charge in [-0.3, -0.25) is 9.59 Å². The molecule has 0 aromatic heterocycles. The van der Waals surface area contributed by atoms with Crippen molar-refractivity contribution in [1.29, 1.82) is 0 Å². The van der Waals surface area contributed by atoms with Gasteiger partial charge in [-0.05, 0) is 32.8 Å². The van der Waals surface area contributed by atoms with Crippen LogP contribution in [0.1, 0.15) is 43.4 Å². The molecule has 1 saturated heterocycles. The van der Waals surface area contributed by atoms with Crippen LogP contribution in [0.5, 0.6) is 0 Å². The highest BCUT2D eigenvalue weighted by molar-refractivity contribution is 5.96. The summed E-state index contributed by atoms with van der Waals surface area (Å²) in [5.41, 5.74) is 3.44. The first kappa shape index (κ1) is 15.5. The van der Waals surface area contributed by atoms with Gasteiger partial charge in [0.05, 0.1) is 0 Å². The lowest BCUT2D eigenvalue weighted by Gasteiger charge is -2.37. The van der Waals surface area contributed by atoms with E-state index in [-0.39, 0.29) is 17.9 Å². The van der Waals surface area contributed by atoms with Gasteiger partial charge in [0, 0.05) is 6.54 Å². The average molecular weight is 288 g/mol. The highest BCUT2D eigenvalue weighted by atomic mass is 16.2. The van der Waals surface area contributed by atoms with Gasteiger partial charge in [0.2, 0.25) is 11.8 Å². The quantitative estimate of drug-likeness (QED) is 0.924. The van der Waals surface area contributed by atoms with Gasteiger partial charge in [-0.15, -0.1) is 0 Å². The fourth-order valence-corrected chi connectivity index (χ4v) is 2.94. The van der Waals surface area contributed by atoms with Gasteiger partial charge in [0.15, 0.2) is 0 Å². The monoisotopic (exact) mass is 288 g/mol. The Bertz CT molecular complexity index is 533. The lowest BCUT2D eigenvalue weighted by molar-refractivity contribution is -0.149. The van der Waals surface area contributed by atoms with Crippen LogP contribution in [0.2, 0.25) is 0 Å². The Balaban J connectivity index is 2.22. The number of hydrogen-bond donors (Lipinski definition) is 1. The summed E-state index contributed by atoms with van der Waals surface area (Å²) in [6, 6.07) is 5.48. The average Bonchev–Trinajstić information content (AvgIpc) is 2.40. The molecule has 0 saturated carbocycles. The molecule has 114 valence electrons. The van der Waals surface area contributed by atoms with Crippen molar-refractivity contribution < 1.29 is 9.59 Å². The van der Waals surface area contributed by atoms with E-state index in [1.165, 1.54) is 11.1 Å². The Morgan fingerprint density at radius 2 is 1.76 bits per heavy atom. The highest BCUT2D eigenvalue weighted by Gasteiger charge is 2.37. The summed E-state index contributed by atoms with van der Waals surface area (Å²) in [7, 11) is 0. The van der Waals surface area contributed by atoms with Crippen LogP contribution in [-0.2, 0) is 16.1 Å². The number of carbonyl (C=O) groups excluding carboxylic acids is 2. The Kier molecular flexibility index (Phi) is 4.66. The molecule has 0 spiro atoms. The first-order chi connectivity index (χ1) is 9.92. The maximum Gasteiger partial charge on any atom is 0.246 e. The molecule has 0 aliphatic carbocycles. The molecular formula is C17H24N2O2. The number of nitrogens with one attached hydrogen (secondary N) is 1. The Hall–Kier alpha value is -1.84. The maximum atomic E-state index is 12.6. The smallest absolute Gasteiger partial charge is 0.246 e. The van der Waals surface area contributed by atoms with E-state index in [1.54, 1.807) is 11.8 Å². The van der Waals surface area contributed by atoms with Gasteiger partial charge in [0.25, 0.3) is 0 Å². The number of amides is 2. The molecule has 2 atom stereocenters. The van der Waals surface area contributed by atoms with Crippen molar-refractivity contribution in [1.82, 2.24) is 10.2 Å². The molecule has 1 aromatic rings. The number of hydrogen-bond acceptors (Lipinski definition) is 2. The zero-order valence-electron chi connectivity index (χ0n) is 13.3. The van der Waals surface area contributed by atoms with Crippen molar-refractivity contribution in [3.05, 3.63) is 34.9 Å². The second kappa shape index (κ2) is 6.29. The molecule has 1 fully saturated rings. The fourth-order valence-electron chi connectivity index (χ4n) is 2.94. The van der Waals surface area contributed by atoms with Crippen molar-refractivity contribution in [2.45, 2.75) is 59.2 Å². The summed E-state index contributed by atoms with van der Waals surface area (Å²) in [4.78, 5) is 26.3. The number of carbonyl (C=O) groups is 2. The third kappa shape index (κ3) is 3.43. The number of aryl methyl sites for hydroxylation is 2. The van der Waals surface area contributed by atoms with Crippen LogP contribution in [0, 0.1) is 13.8 Å². The van der Waals surface area contributed by atoms with E-state index in [9.17, 15) is 9.59 Å². The van der Waals surface area contributed by atoms with Crippen LogP contribution in [0.25, 0.3) is 0 Å². The Labute approximate surface area is 126 Å². The zero-order chi connectivity index (χ0) is 15.6.